The Balaban J connectivity index is 0.000000170. The molecular weight excluding hydrogens is 677 g/mol. The first-order chi connectivity index (χ1) is 26.2. The number of aromatic hydroxyl groups is 4. The van der Waals surface area contributed by atoms with Crippen LogP contribution in [-0.4, -0.2) is 20.4 Å². The summed E-state index contributed by atoms with van der Waals surface area (Å²) in [6.07, 6.45) is 0. The van der Waals surface area contributed by atoms with Crippen molar-refractivity contribution in [2.75, 3.05) is 0 Å². The molecular formula is C51H48O4. The van der Waals surface area contributed by atoms with Gasteiger partial charge in [-0.1, -0.05) is 149 Å². The highest BCUT2D eigenvalue weighted by Crippen LogP contribution is 2.56. The Kier molecular flexibility index (Phi) is 9.56. The lowest BCUT2D eigenvalue weighted by Crippen LogP contribution is -2.28. The minimum absolute atomic E-state index is 0.172. The van der Waals surface area contributed by atoms with Gasteiger partial charge in [-0.25, -0.2) is 0 Å². The summed E-state index contributed by atoms with van der Waals surface area (Å²) < 4.78 is 0. The molecule has 1 aliphatic rings. The summed E-state index contributed by atoms with van der Waals surface area (Å²) in [5.74, 6) is 1.16. The summed E-state index contributed by atoms with van der Waals surface area (Å²) in [5.41, 5.74) is 12.7. The summed E-state index contributed by atoms with van der Waals surface area (Å²) in [7, 11) is 0. The average Bonchev–Trinajstić information content (AvgIpc) is 3.49. The van der Waals surface area contributed by atoms with Gasteiger partial charge in [0.05, 0.1) is 5.41 Å². The number of hydrogen-bond donors (Lipinski definition) is 4. The molecule has 4 N–H and O–H groups in total. The minimum Gasteiger partial charge on any atom is -0.508 e. The Hall–Kier alpha value is -6.26. The number of aryl methyl sites for hydroxylation is 2. The summed E-state index contributed by atoms with van der Waals surface area (Å²) in [4.78, 5) is 0. The van der Waals surface area contributed by atoms with E-state index in [1.807, 2.05) is 50.2 Å². The van der Waals surface area contributed by atoms with Crippen molar-refractivity contribution in [3.8, 4) is 34.1 Å². The van der Waals surface area contributed by atoms with Gasteiger partial charge in [0.2, 0.25) is 0 Å². The van der Waals surface area contributed by atoms with E-state index in [0.29, 0.717) is 11.5 Å². The molecule has 0 aromatic heterocycles. The fourth-order valence-corrected chi connectivity index (χ4v) is 8.19. The highest BCUT2D eigenvalue weighted by molar-refractivity contribution is 5.86. The molecule has 276 valence electrons. The van der Waals surface area contributed by atoms with E-state index in [9.17, 15) is 20.4 Å². The molecule has 4 heteroatoms. The van der Waals surface area contributed by atoms with Crippen molar-refractivity contribution in [3.63, 3.8) is 0 Å². The summed E-state index contributed by atoms with van der Waals surface area (Å²) in [6, 6.07) is 52.4. The average molecular weight is 725 g/mol. The zero-order chi connectivity index (χ0) is 39.1. The third kappa shape index (κ3) is 6.52. The normalized spacial score (nSPS) is 13.0. The van der Waals surface area contributed by atoms with Gasteiger partial charge in [-0.15, -0.1) is 0 Å². The van der Waals surface area contributed by atoms with Crippen molar-refractivity contribution >= 4 is 0 Å². The van der Waals surface area contributed by atoms with Crippen LogP contribution in [0.15, 0.2) is 158 Å². The van der Waals surface area contributed by atoms with Crippen LogP contribution in [0.5, 0.6) is 23.0 Å². The van der Waals surface area contributed by atoms with Crippen molar-refractivity contribution in [3.05, 3.63) is 213 Å². The quantitative estimate of drug-likeness (QED) is 0.138. The number of fused-ring (bicyclic) bond motifs is 3. The van der Waals surface area contributed by atoms with Gasteiger partial charge in [0.15, 0.2) is 0 Å². The topological polar surface area (TPSA) is 80.9 Å². The maximum Gasteiger partial charge on any atom is 0.118 e. The van der Waals surface area contributed by atoms with Gasteiger partial charge in [-0.05, 0) is 117 Å². The molecule has 0 aliphatic heterocycles. The van der Waals surface area contributed by atoms with E-state index < -0.39 is 5.41 Å². The molecule has 4 nitrogen and oxygen atoms in total. The lowest BCUT2D eigenvalue weighted by molar-refractivity contribution is 0.470. The SMILES string of the molecule is CC(C)(c1ccc(O)cc1)c1cccc(C(C)(C)c2ccc(O)cc2)c1.Cc1cc(C2(c3ccc(O)c(C)c3)c3ccccc3-c3ccccc32)ccc1O. The van der Waals surface area contributed by atoms with Crippen LogP contribution in [0, 0.1) is 13.8 Å². The van der Waals surface area contributed by atoms with Crippen LogP contribution >= 0.6 is 0 Å². The molecule has 0 fully saturated rings. The molecule has 55 heavy (non-hydrogen) atoms. The van der Waals surface area contributed by atoms with Gasteiger partial charge in [0.25, 0.3) is 0 Å². The lowest BCUT2D eigenvalue weighted by atomic mass is 9.67. The van der Waals surface area contributed by atoms with Crippen LogP contribution < -0.4 is 0 Å². The Bertz CT molecular complexity index is 2320. The number of hydrogen-bond acceptors (Lipinski definition) is 4. The fourth-order valence-electron chi connectivity index (χ4n) is 8.19. The maximum absolute atomic E-state index is 10.2. The van der Waals surface area contributed by atoms with Crippen LogP contribution in [0.25, 0.3) is 11.1 Å². The van der Waals surface area contributed by atoms with Crippen molar-refractivity contribution in [2.24, 2.45) is 0 Å². The van der Waals surface area contributed by atoms with E-state index in [-0.39, 0.29) is 22.3 Å². The molecule has 0 amide bonds. The number of benzene rings is 7. The molecule has 0 atom stereocenters. The number of rotatable bonds is 6. The zero-order valence-corrected chi connectivity index (χ0v) is 32.3. The predicted molar refractivity (Wildman–Crippen MR) is 223 cm³/mol. The van der Waals surface area contributed by atoms with Crippen LogP contribution in [0.1, 0.15) is 83.3 Å². The third-order valence-corrected chi connectivity index (χ3v) is 11.7. The summed E-state index contributed by atoms with van der Waals surface area (Å²) in [6.45, 7) is 12.7. The largest absolute Gasteiger partial charge is 0.508 e. The molecule has 0 heterocycles. The molecule has 8 rings (SSSR count). The first-order valence-electron chi connectivity index (χ1n) is 18.7. The molecule has 7 aromatic rings. The zero-order valence-electron chi connectivity index (χ0n) is 32.3. The lowest BCUT2D eigenvalue weighted by Gasteiger charge is -2.34. The molecule has 0 spiro atoms. The second-order valence-corrected chi connectivity index (χ2v) is 15.8. The van der Waals surface area contributed by atoms with Crippen molar-refractivity contribution in [1.82, 2.24) is 0 Å². The van der Waals surface area contributed by atoms with Crippen molar-refractivity contribution < 1.29 is 20.4 Å². The Morgan fingerprint density at radius 3 is 1.15 bits per heavy atom. The summed E-state index contributed by atoms with van der Waals surface area (Å²) >= 11 is 0. The van der Waals surface area contributed by atoms with Crippen LogP contribution in [0.2, 0.25) is 0 Å². The van der Waals surface area contributed by atoms with Crippen LogP contribution in [0.4, 0.5) is 0 Å². The van der Waals surface area contributed by atoms with Gasteiger partial charge in [-0.2, -0.15) is 0 Å². The molecule has 0 bridgehead atoms. The van der Waals surface area contributed by atoms with Gasteiger partial charge in [0.1, 0.15) is 23.0 Å². The molecule has 0 unspecified atom stereocenters. The first-order valence-corrected chi connectivity index (χ1v) is 18.7. The molecule has 0 saturated heterocycles. The van der Waals surface area contributed by atoms with Crippen molar-refractivity contribution in [2.45, 2.75) is 57.8 Å². The Morgan fingerprint density at radius 1 is 0.382 bits per heavy atom. The standard InChI is InChI=1S/C27H22O2.C24H26O2/c1-17-15-19(11-13-25(17)28)27(20-12-14-26(29)18(2)16-20)23-9-5-3-7-21(23)22-8-4-6-10-24(22)27;1-23(2,17-8-12-21(25)13-9-17)19-6-5-7-20(16-19)24(3,4)18-10-14-22(26)15-11-18/h3-16,28-29H,1-2H3;5-16,25-26H,1-4H3. The molecule has 0 saturated carbocycles. The molecule has 7 aromatic carbocycles. The van der Waals surface area contributed by atoms with E-state index in [0.717, 1.165) is 33.4 Å². The monoisotopic (exact) mass is 724 g/mol. The highest BCUT2D eigenvalue weighted by atomic mass is 16.3. The van der Waals surface area contributed by atoms with Gasteiger partial charge in [-0.3, -0.25) is 0 Å². The van der Waals surface area contributed by atoms with E-state index in [1.165, 1.54) is 33.4 Å². The number of phenols is 4. The van der Waals surface area contributed by atoms with Gasteiger partial charge in [0, 0.05) is 10.8 Å². The second kappa shape index (κ2) is 14.2. The Morgan fingerprint density at radius 2 is 0.764 bits per heavy atom. The van der Waals surface area contributed by atoms with E-state index in [2.05, 4.69) is 113 Å². The second-order valence-electron chi connectivity index (χ2n) is 15.8. The first kappa shape index (κ1) is 37.1. The third-order valence-electron chi connectivity index (χ3n) is 11.7. The van der Waals surface area contributed by atoms with Crippen LogP contribution in [-0.2, 0) is 16.2 Å². The Labute approximate surface area is 324 Å². The van der Waals surface area contributed by atoms with E-state index >= 15 is 0 Å². The van der Waals surface area contributed by atoms with E-state index in [1.54, 1.807) is 36.4 Å². The molecule has 1 aliphatic carbocycles. The number of phenolic OH excluding ortho intramolecular Hbond substituents is 4. The van der Waals surface area contributed by atoms with Crippen LogP contribution in [0.3, 0.4) is 0 Å². The predicted octanol–water partition coefficient (Wildman–Crippen LogP) is 11.8. The van der Waals surface area contributed by atoms with Crippen molar-refractivity contribution in [1.29, 1.82) is 0 Å². The smallest absolute Gasteiger partial charge is 0.118 e. The van der Waals surface area contributed by atoms with E-state index in [4.69, 9.17) is 0 Å². The maximum atomic E-state index is 10.2. The fraction of sp³-hybridized carbons (Fsp3) is 0.176. The van der Waals surface area contributed by atoms with Gasteiger partial charge < -0.3 is 20.4 Å². The minimum atomic E-state index is -0.510. The molecule has 0 radical (unpaired) electrons. The van der Waals surface area contributed by atoms with Gasteiger partial charge >= 0.3 is 0 Å². The summed E-state index contributed by atoms with van der Waals surface area (Å²) in [5, 5.41) is 39.5. The highest BCUT2D eigenvalue weighted by Gasteiger charge is 2.46.